The van der Waals surface area contributed by atoms with Gasteiger partial charge < -0.3 is 10.6 Å². The number of thioether (sulfide) groups is 1. The zero-order chi connectivity index (χ0) is 22.3. The minimum Gasteiger partial charge on any atom is -0.348 e. The normalized spacial score (nSPS) is 16.1. The maximum atomic E-state index is 12.6. The Morgan fingerprint density at radius 1 is 1.12 bits per heavy atom. The Morgan fingerprint density at radius 2 is 1.91 bits per heavy atom. The van der Waals surface area contributed by atoms with E-state index < -0.39 is 0 Å². The molecule has 0 saturated carbocycles. The van der Waals surface area contributed by atoms with Gasteiger partial charge in [0.1, 0.15) is 0 Å². The molecule has 0 spiro atoms. The minimum atomic E-state index is -0.167. The van der Waals surface area contributed by atoms with Crippen LogP contribution in [0.5, 0.6) is 0 Å². The maximum Gasteiger partial charge on any atom is 0.251 e. The molecule has 32 heavy (non-hydrogen) atoms. The smallest absolute Gasteiger partial charge is 0.251 e. The predicted molar refractivity (Wildman–Crippen MR) is 122 cm³/mol. The number of carbonyl (C=O) groups is 2. The van der Waals surface area contributed by atoms with E-state index in [0.717, 1.165) is 26.1 Å². The number of carbonyl (C=O) groups excluding carboxylic acids is 2. The van der Waals surface area contributed by atoms with E-state index in [9.17, 15) is 9.59 Å². The van der Waals surface area contributed by atoms with E-state index in [2.05, 4.69) is 43.2 Å². The maximum absolute atomic E-state index is 12.6. The molecular weight excluding hydrogens is 426 g/mol. The number of benzene rings is 2. The van der Waals surface area contributed by atoms with Crippen molar-refractivity contribution >= 4 is 29.3 Å². The third-order valence-electron chi connectivity index (χ3n) is 5.20. The molecule has 3 aromatic rings. The lowest BCUT2D eigenvalue weighted by atomic mass is 10.1. The first-order valence-electron chi connectivity index (χ1n) is 10.4. The van der Waals surface area contributed by atoms with Crippen LogP contribution in [0.3, 0.4) is 0 Å². The summed E-state index contributed by atoms with van der Waals surface area (Å²) in [6.45, 7) is 2.70. The number of anilines is 1. The zero-order valence-corrected chi connectivity index (χ0v) is 18.6. The van der Waals surface area contributed by atoms with Crippen LogP contribution in [0.25, 0.3) is 0 Å². The van der Waals surface area contributed by atoms with Crippen LogP contribution in [0.2, 0.25) is 0 Å². The Labute approximate surface area is 190 Å². The number of amides is 2. The fraction of sp³-hybridized carbons (Fsp3) is 0.318. The molecule has 0 bridgehead atoms. The fourth-order valence-electron chi connectivity index (χ4n) is 3.58. The third kappa shape index (κ3) is 5.92. The first kappa shape index (κ1) is 22.0. The Hall–Kier alpha value is -3.24. The summed E-state index contributed by atoms with van der Waals surface area (Å²) in [4.78, 5) is 27.1. The summed E-state index contributed by atoms with van der Waals surface area (Å²) in [6, 6.07) is 17.4. The third-order valence-corrected chi connectivity index (χ3v) is 6.21. The second kappa shape index (κ2) is 10.4. The topological polar surface area (TPSA) is 105 Å². The van der Waals surface area contributed by atoms with Crippen molar-refractivity contribution in [3.05, 3.63) is 65.7 Å². The van der Waals surface area contributed by atoms with Gasteiger partial charge in [0.25, 0.3) is 5.91 Å². The molecular formula is C22H25N7O2S. The zero-order valence-electron chi connectivity index (χ0n) is 17.8. The molecule has 1 aliphatic rings. The number of hydrogen-bond acceptors (Lipinski definition) is 7. The Kier molecular flexibility index (Phi) is 7.13. The molecule has 1 fully saturated rings. The van der Waals surface area contributed by atoms with E-state index in [1.54, 1.807) is 31.3 Å². The predicted octanol–water partition coefficient (Wildman–Crippen LogP) is 1.95. The van der Waals surface area contributed by atoms with Crippen LogP contribution in [0, 0.1) is 0 Å². The van der Waals surface area contributed by atoms with E-state index in [1.807, 2.05) is 18.2 Å². The largest absolute Gasteiger partial charge is 0.348 e. The van der Waals surface area contributed by atoms with Gasteiger partial charge in [0.2, 0.25) is 11.1 Å². The van der Waals surface area contributed by atoms with Gasteiger partial charge in [-0.1, -0.05) is 42.1 Å². The lowest BCUT2D eigenvalue weighted by molar-refractivity contribution is -0.113. The van der Waals surface area contributed by atoms with E-state index >= 15 is 0 Å². The van der Waals surface area contributed by atoms with Crippen LogP contribution in [-0.2, 0) is 18.4 Å². The number of tetrazole rings is 1. The summed E-state index contributed by atoms with van der Waals surface area (Å²) in [7, 11) is 1.72. The van der Waals surface area contributed by atoms with Gasteiger partial charge in [-0.25, -0.2) is 4.68 Å². The minimum absolute atomic E-state index is 0.0974. The van der Waals surface area contributed by atoms with Gasteiger partial charge >= 0.3 is 0 Å². The molecule has 1 atom stereocenters. The summed E-state index contributed by atoms with van der Waals surface area (Å²) >= 11 is 1.25. The molecule has 2 aromatic carbocycles. The van der Waals surface area contributed by atoms with Crippen molar-refractivity contribution in [2.24, 2.45) is 7.05 Å². The van der Waals surface area contributed by atoms with Crippen molar-refractivity contribution in [1.82, 2.24) is 30.4 Å². The van der Waals surface area contributed by atoms with E-state index in [4.69, 9.17) is 0 Å². The Bertz CT molecular complexity index is 1060. The lowest BCUT2D eigenvalue weighted by Gasteiger charge is -2.17. The standard InChI is InChI=1S/C22H25N7O2S/c1-28-22(25-26-27-28)32-15-20(30)23-18-9-7-17(8-10-18)21(31)24-19-11-12-29(14-19)13-16-5-3-2-4-6-16/h2-10,19H,11-15H2,1H3,(H,23,30)(H,24,31)/t19-/m1/s1. The average Bonchev–Trinajstić information content (AvgIpc) is 3.41. The van der Waals surface area contributed by atoms with Crippen molar-refractivity contribution in [2.45, 2.75) is 24.2 Å². The highest BCUT2D eigenvalue weighted by molar-refractivity contribution is 7.99. The molecule has 1 saturated heterocycles. The highest BCUT2D eigenvalue weighted by atomic mass is 32.2. The van der Waals surface area contributed by atoms with Crippen molar-refractivity contribution in [3.8, 4) is 0 Å². The van der Waals surface area contributed by atoms with Crippen LogP contribution in [0.4, 0.5) is 5.69 Å². The molecule has 4 rings (SSSR count). The van der Waals surface area contributed by atoms with Crippen molar-refractivity contribution in [2.75, 3.05) is 24.2 Å². The summed E-state index contributed by atoms with van der Waals surface area (Å²) in [5, 5.41) is 17.6. The van der Waals surface area contributed by atoms with Crippen LogP contribution in [0.15, 0.2) is 59.8 Å². The average molecular weight is 452 g/mol. The SMILES string of the molecule is Cn1nnnc1SCC(=O)Nc1ccc(C(=O)N[C@@H]2CCN(Cc3ccccc3)C2)cc1. The molecule has 0 aliphatic carbocycles. The second-order valence-corrected chi connectivity index (χ2v) is 8.62. The summed E-state index contributed by atoms with van der Waals surface area (Å²) in [6.07, 6.45) is 0.936. The molecule has 0 radical (unpaired) electrons. The first-order chi connectivity index (χ1) is 15.6. The molecule has 1 aliphatic heterocycles. The van der Waals surface area contributed by atoms with Crippen LogP contribution in [0.1, 0.15) is 22.3 Å². The molecule has 1 aromatic heterocycles. The molecule has 166 valence electrons. The van der Waals surface area contributed by atoms with Gasteiger partial charge in [-0.15, -0.1) is 5.10 Å². The lowest BCUT2D eigenvalue weighted by Crippen LogP contribution is -2.37. The molecule has 10 heteroatoms. The number of nitrogens with one attached hydrogen (secondary N) is 2. The first-order valence-corrected chi connectivity index (χ1v) is 11.4. The highest BCUT2D eigenvalue weighted by Gasteiger charge is 2.24. The summed E-state index contributed by atoms with van der Waals surface area (Å²) in [5.41, 5.74) is 2.49. The van der Waals surface area contributed by atoms with Crippen molar-refractivity contribution in [1.29, 1.82) is 0 Å². The number of aryl methyl sites for hydroxylation is 1. The molecule has 9 nitrogen and oxygen atoms in total. The monoisotopic (exact) mass is 451 g/mol. The summed E-state index contributed by atoms with van der Waals surface area (Å²) < 4.78 is 1.51. The molecule has 2 amide bonds. The molecule has 2 N–H and O–H groups in total. The van der Waals surface area contributed by atoms with Gasteiger partial charge in [0.05, 0.1) is 5.75 Å². The van der Waals surface area contributed by atoms with Crippen molar-refractivity contribution < 1.29 is 9.59 Å². The van der Waals surface area contributed by atoms with Gasteiger partial charge in [-0.05, 0) is 46.7 Å². The quantitative estimate of drug-likeness (QED) is 0.504. The Morgan fingerprint density at radius 3 is 2.62 bits per heavy atom. The second-order valence-electron chi connectivity index (χ2n) is 7.68. The molecule has 2 heterocycles. The van der Waals surface area contributed by atoms with Gasteiger partial charge in [0.15, 0.2) is 0 Å². The van der Waals surface area contributed by atoms with Crippen LogP contribution in [-0.4, -0.2) is 61.8 Å². The summed E-state index contributed by atoms with van der Waals surface area (Å²) in [5.74, 6) is -0.0723. The van der Waals surface area contributed by atoms with Gasteiger partial charge in [0, 0.05) is 44.0 Å². The van der Waals surface area contributed by atoms with E-state index in [0.29, 0.717) is 16.4 Å². The fourth-order valence-corrected chi connectivity index (χ4v) is 4.23. The Balaban J connectivity index is 1.22. The van der Waals surface area contributed by atoms with E-state index in [1.165, 1.54) is 22.0 Å². The van der Waals surface area contributed by atoms with Crippen LogP contribution >= 0.6 is 11.8 Å². The highest BCUT2D eigenvalue weighted by Crippen LogP contribution is 2.16. The number of likely N-dealkylation sites (tertiary alicyclic amines) is 1. The van der Waals surface area contributed by atoms with Crippen LogP contribution < -0.4 is 10.6 Å². The number of rotatable bonds is 8. The van der Waals surface area contributed by atoms with E-state index in [-0.39, 0.29) is 23.6 Å². The van der Waals surface area contributed by atoms with Gasteiger partial charge in [-0.3, -0.25) is 14.5 Å². The van der Waals surface area contributed by atoms with Crippen molar-refractivity contribution in [3.63, 3.8) is 0 Å². The number of aromatic nitrogens is 4. The molecule has 0 unspecified atom stereocenters. The number of nitrogens with zero attached hydrogens (tertiary/aromatic N) is 5. The van der Waals surface area contributed by atoms with Gasteiger partial charge in [-0.2, -0.15) is 0 Å². The number of hydrogen-bond donors (Lipinski definition) is 2.